The molecule has 2 aromatic rings. The molecule has 0 heterocycles. The average molecular weight is 376 g/mol. The minimum atomic E-state index is -0.708. The van der Waals surface area contributed by atoms with Gasteiger partial charge in [-0.3, -0.25) is 4.79 Å². The molecule has 0 aliphatic heterocycles. The summed E-state index contributed by atoms with van der Waals surface area (Å²) in [4.78, 5) is 11.2. The first-order valence-corrected chi connectivity index (χ1v) is 9.32. The number of carboxylic acids is 1. The Morgan fingerprint density at radius 2 is 1.81 bits per heavy atom. The first-order chi connectivity index (χ1) is 12.4. The molecule has 0 bridgehead atoms. The van der Waals surface area contributed by atoms with Gasteiger partial charge in [0.05, 0.1) is 12.0 Å². The van der Waals surface area contributed by atoms with E-state index in [1.165, 1.54) is 17.7 Å². The van der Waals surface area contributed by atoms with Crippen LogP contribution in [-0.4, -0.2) is 17.1 Å². The van der Waals surface area contributed by atoms with Crippen molar-refractivity contribution in [3.8, 4) is 0 Å². The highest BCUT2D eigenvalue weighted by Crippen LogP contribution is 2.32. The molecular weight excluding hydrogens is 353 g/mol. The molecule has 3 rings (SSSR count). The third-order valence-electron chi connectivity index (χ3n) is 5.16. The Bertz CT molecular complexity index is 770. The van der Waals surface area contributed by atoms with Crippen molar-refractivity contribution in [1.82, 2.24) is 5.32 Å². The van der Waals surface area contributed by atoms with E-state index in [9.17, 15) is 14.3 Å². The number of carbonyl (C=O) groups is 1. The molecule has 2 aromatic carbocycles. The zero-order valence-corrected chi connectivity index (χ0v) is 15.5. The predicted octanol–water partition coefficient (Wildman–Crippen LogP) is 5.11. The van der Waals surface area contributed by atoms with E-state index in [1.54, 1.807) is 6.07 Å². The summed E-state index contributed by atoms with van der Waals surface area (Å²) >= 11 is 6.33. The SMILES string of the molecule is Cc1ccc(C(NC2CCC(C(=O)O)CC2)c2ccc(F)cc2Cl)cc1. The molecule has 1 saturated carbocycles. The van der Waals surface area contributed by atoms with Crippen molar-refractivity contribution in [3.63, 3.8) is 0 Å². The third kappa shape index (κ3) is 4.43. The maximum Gasteiger partial charge on any atom is 0.306 e. The van der Waals surface area contributed by atoms with Gasteiger partial charge >= 0.3 is 5.97 Å². The number of hydrogen-bond acceptors (Lipinski definition) is 2. The molecule has 138 valence electrons. The smallest absolute Gasteiger partial charge is 0.306 e. The topological polar surface area (TPSA) is 49.3 Å². The van der Waals surface area contributed by atoms with E-state index in [0.29, 0.717) is 17.9 Å². The van der Waals surface area contributed by atoms with Crippen LogP contribution in [0, 0.1) is 18.7 Å². The summed E-state index contributed by atoms with van der Waals surface area (Å²) in [6.45, 7) is 2.03. The second kappa shape index (κ2) is 8.19. The number of nitrogens with one attached hydrogen (secondary N) is 1. The van der Waals surface area contributed by atoms with Crippen LogP contribution in [0.15, 0.2) is 42.5 Å². The van der Waals surface area contributed by atoms with E-state index in [4.69, 9.17) is 11.6 Å². The number of carboxylic acid groups (broad SMARTS) is 1. The van der Waals surface area contributed by atoms with Gasteiger partial charge in [0.2, 0.25) is 0 Å². The number of benzene rings is 2. The molecule has 0 saturated heterocycles. The van der Waals surface area contributed by atoms with E-state index in [1.807, 2.05) is 19.1 Å². The maximum absolute atomic E-state index is 13.5. The first kappa shape index (κ1) is 18.9. The van der Waals surface area contributed by atoms with Crippen molar-refractivity contribution in [2.75, 3.05) is 0 Å². The Morgan fingerprint density at radius 1 is 1.15 bits per heavy atom. The summed E-state index contributed by atoms with van der Waals surface area (Å²) in [6.07, 6.45) is 2.95. The summed E-state index contributed by atoms with van der Waals surface area (Å²) in [5, 5.41) is 13.2. The van der Waals surface area contributed by atoms with Gasteiger partial charge in [0.25, 0.3) is 0 Å². The van der Waals surface area contributed by atoms with E-state index >= 15 is 0 Å². The molecule has 1 aliphatic carbocycles. The predicted molar refractivity (Wildman–Crippen MR) is 101 cm³/mol. The molecule has 1 unspecified atom stereocenters. The fourth-order valence-corrected chi connectivity index (χ4v) is 3.88. The number of halogens is 2. The monoisotopic (exact) mass is 375 g/mol. The Morgan fingerprint density at radius 3 is 2.38 bits per heavy atom. The van der Waals surface area contributed by atoms with Crippen LogP contribution in [0.3, 0.4) is 0 Å². The Hall–Kier alpha value is -1.91. The largest absolute Gasteiger partial charge is 0.481 e. The molecule has 0 amide bonds. The standard InChI is InChI=1S/C21H23ClFNO2/c1-13-2-4-14(5-3-13)20(18-11-8-16(23)12-19(18)22)24-17-9-6-15(7-10-17)21(25)26/h2-5,8,11-12,15,17,20,24H,6-7,9-10H2,1H3,(H,25,26). The van der Waals surface area contributed by atoms with Crippen LogP contribution in [0.4, 0.5) is 4.39 Å². The van der Waals surface area contributed by atoms with Gasteiger partial charge in [0.15, 0.2) is 0 Å². The summed E-state index contributed by atoms with van der Waals surface area (Å²) in [5.74, 6) is -1.32. The lowest BCUT2D eigenvalue weighted by molar-refractivity contribution is -0.142. The summed E-state index contributed by atoms with van der Waals surface area (Å²) in [7, 11) is 0. The quantitative estimate of drug-likeness (QED) is 0.763. The van der Waals surface area contributed by atoms with Crippen LogP contribution < -0.4 is 5.32 Å². The van der Waals surface area contributed by atoms with Crippen molar-refractivity contribution >= 4 is 17.6 Å². The van der Waals surface area contributed by atoms with Gasteiger partial charge in [-0.05, 0) is 55.9 Å². The van der Waals surface area contributed by atoms with Gasteiger partial charge in [0.1, 0.15) is 5.82 Å². The highest BCUT2D eigenvalue weighted by molar-refractivity contribution is 6.31. The average Bonchev–Trinajstić information content (AvgIpc) is 2.61. The second-order valence-electron chi connectivity index (χ2n) is 7.06. The van der Waals surface area contributed by atoms with E-state index < -0.39 is 5.97 Å². The normalized spacial score (nSPS) is 21.3. The molecule has 0 radical (unpaired) electrons. The Balaban J connectivity index is 1.84. The molecular formula is C21H23ClFNO2. The third-order valence-corrected chi connectivity index (χ3v) is 5.49. The van der Waals surface area contributed by atoms with Crippen molar-refractivity contribution in [2.45, 2.75) is 44.7 Å². The molecule has 5 heteroatoms. The fraction of sp³-hybridized carbons (Fsp3) is 0.381. The van der Waals surface area contributed by atoms with Crippen LogP contribution in [0.1, 0.15) is 48.4 Å². The number of aryl methyl sites for hydroxylation is 1. The fourth-order valence-electron chi connectivity index (χ4n) is 3.60. The van der Waals surface area contributed by atoms with Gasteiger partial charge in [-0.15, -0.1) is 0 Å². The lowest BCUT2D eigenvalue weighted by Gasteiger charge is -2.31. The van der Waals surface area contributed by atoms with Gasteiger partial charge in [0, 0.05) is 11.1 Å². The van der Waals surface area contributed by atoms with E-state index in [0.717, 1.165) is 24.0 Å². The summed E-state index contributed by atoms with van der Waals surface area (Å²) in [5.41, 5.74) is 3.06. The molecule has 3 nitrogen and oxygen atoms in total. The van der Waals surface area contributed by atoms with Crippen molar-refractivity contribution in [3.05, 3.63) is 70.0 Å². The molecule has 2 N–H and O–H groups in total. The van der Waals surface area contributed by atoms with Crippen LogP contribution in [0.5, 0.6) is 0 Å². The van der Waals surface area contributed by atoms with Gasteiger partial charge in [-0.2, -0.15) is 0 Å². The van der Waals surface area contributed by atoms with E-state index in [-0.39, 0.29) is 23.8 Å². The molecule has 0 spiro atoms. The second-order valence-corrected chi connectivity index (χ2v) is 7.47. The van der Waals surface area contributed by atoms with Crippen LogP contribution in [0.2, 0.25) is 5.02 Å². The summed E-state index contributed by atoms with van der Waals surface area (Å²) in [6, 6.07) is 12.7. The first-order valence-electron chi connectivity index (χ1n) is 8.94. The minimum Gasteiger partial charge on any atom is -0.481 e. The van der Waals surface area contributed by atoms with Crippen molar-refractivity contribution in [2.24, 2.45) is 5.92 Å². The lowest BCUT2D eigenvalue weighted by Crippen LogP contribution is -2.37. The van der Waals surface area contributed by atoms with Gasteiger partial charge in [-0.25, -0.2) is 4.39 Å². The molecule has 1 aliphatic rings. The minimum absolute atomic E-state index is 0.157. The van der Waals surface area contributed by atoms with Gasteiger partial charge in [-0.1, -0.05) is 47.5 Å². The van der Waals surface area contributed by atoms with E-state index in [2.05, 4.69) is 17.4 Å². The zero-order valence-electron chi connectivity index (χ0n) is 14.7. The Kier molecular flexibility index (Phi) is 5.94. The maximum atomic E-state index is 13.5. The molecule has 26 heavy (non-hydrogen) atoms. The summed E-state index contributed by atoms with van der Waals surface area (Å²) < 4.78 is 13.5. The molecule has 1 fully saturated rings. The van der Waals surface area contributed by atoms with Crippen LogP contribution in [-0.2, 0) is 4.79 Å². The lowest BCUT2D eigenvalue weighted by atomic mass is 9.85. The number of rotatable bonds is 5. The Labute approximate surface area is 158 Å². The van der Waals surface area contributed by atoms with Crippen LogP contribution >= 0.6 is 11.6 Å². The highest BCUT2D eigenvalue weighted by Gasteiger charge is 2.28. The molecule has 1 atom stereocenters. The highest BCUT2D eigenvalue weighted by atomic mass is 35.5. The number of aliphatic carboxylic acids is 1. The van der Waals surface area contributed by atoms with Crippen molar-refractivity contribution < 1.29 is 14.3 Å². The number of hydrogen-bond donors (Lipinski definition) is 2. The zero-order chi connectivity index (χ0) is 18.7. The molecule has 0 aromatic heterocycles. The van der Waals surface area contributed by atoms with Crippen LogP contribution in [0.25, 0.3) is 0 Å². The van der Waals surface area contributed by atoms with Crippen molar-refractivity contribution in [1.29, 1.82) is 0 Å². The van der Waals surface area contributed by atoms with Gasteiger partial charge < -0.3 is 10.4 Å².